The van der Waals surface area contributed by atoms with Crippen molar-refractivity contribution in [3.05, 3.63) is 6.92 Å². The number of hydrogen-bond donors (Lipinski definition) is 0. The van der Waals surface area contributed by atoms with Gasteiger partial charge in [-0.2, -0.15) is 0 Å². The summed E-state index contributed by atoms with van der Waals surface area (Å²) in [5.41, 5.74) is 4.78. The average molecular weight is 161 g/mol. The van der Waals surface area contributed by atoms with E-state index in [0.717, 1.165) is 6.42 Å². The Morgan fingerprint density at radius 3 is 2.14 bits per heavy atom. The van der Waals surface area contributed by atoms with Gasteiger partial charge in [-0.25, -0.2) is 0 Å². The van der Waals surface area contributed by atoms with E-state index in [1.807, 2.05) is 0 Å². The third-order valence-electron chi connectivity index (χ3n) is 0.855. The Hall–Kier alpha value is 0.558. The topological polar surface area (TPSA) is 0 Å². The van der Waals surface area contributed by atoms with Gasteiger partial charge in [0.1, 0.15) is 0 Å². The van der Waals surface area contributed by atoms with Crippen LogP contribution in [0.25, 0.3) is 0 Å². The van der Waals surface area contributed by atoms with E-state index >= 15 is 0 Å². The second-order valence-corrected chi connectivity index (χ2v) is 7.48. The van der Waals surface area contributed by atoms with Gasteiger partial charge in [0.2, 0.25) is 0 Å². The molecule has 0 aromatic rings. The predicted molar refractivity (Wildman–Crippen MR) is 36.9 cm³/mol. The summed E-state index contributed by atoms with van der Waals surface area (Å²) in [5.74, 6) is 0. The summed E-state index contributed by atoms with van der Waals surface area (Å²) in [7, 11) is 0. The summed E-state index contributed by atoms with van der Waals surface area (Å²) in [6.45, 7) is 3.78. The molecule has 0 aromatic carbocycles. The van der Waals surface area contributed by atoms with Gasteiger partial charge in [-0.05, 0) is 0 Å². The van der Waals surface area contributed by atoms with Crippen molar-refractivity contribution in [1.82, 2.24) is 0 Å². The van der Waals surface area contributed by atoms with Gasteiger partial charge in [-0.1, -0.05) is 0 Å². The van der Waals surface area contributed by atoms with Crippen molar-refractivity contribution in [2.24, 2.45) is 0 Å². The monoisotopic (exact) mass is 161 g/mol. The molecule has 0 rings (SSSR count). The van der Waals surface area contributed by atoms with E-state index < -0.39 is 0 Å². The second-order valence-electron chi connectivity index (χ2n) is 2.01. The van der Waals surface area contributed by atoms with Crippen LogP contribution in [0.3, 0.4) is 0 Å². The molecule has 0 atom stereocenters. The van der Waals surface area contributed by atoms with E-state index in [9.17, 15) is 0 Å². The Balaban J connectivity index is 2.68. The molecule has 1 heteroatoms. The van der Waals surface area contributed by atoms with Crippen LogP contribution in [-0.2, 0) is 0 Å². The maximum atomic E-state index is 3.78. The molecule has 0 saturated carbocycles. The SMILES string of the molecule is [CH2]CCC[As](C)C. The summed E-state index contributed by atoms with van der Waals surface area (Å²) in [5, 5.41) is 1.48. The average Bonchev–Trinajstić information content (AvgIpc) is 1.61. The summed E-state index contributed by atoms with van der Waals surface area (Å²) in [6.07, 6.45) is 2.49. The van der Waals surface area contributed by atoms with Crippen LogP contribution in [0.1, 0.15) is 12.8 Å². The molecule has 0 aliphatic carbocycles. The van der Waals surface area contributed by atoms with Gasteiger partial charge < -0.3 is 0 Å². The zero-order valence-corrected chi connectivity index (χ0v) is 7.15. The molecule has 43 valence electrons. The Morgan fingerprint density at radius 1 is 1.43 bits per heavy atom. The van der Waals surface area contributed by atoms with E-state index in [2.05, 4.69) is 18.3 Å². The third-order valence-corrected chi connectivity index (χ3v) is 3.40. The zero-order valence-electron chi connectivity index (χ0n) is 5.28. The molecule has 0 heterocycles. The first-order valence-corrected chi connectivity index (χ1v) is 7.79. The van der Waals surface area contributed by atoms with Crippen LogP contribution in [0.4, 0.5) is 0 Å². The van der Waals surface area contributed by atoms with Gasteiger partial charge in [0.15, 0.2) is 0 Å². The second kappa shape index (κ2) is 4.71. The Bertz CT molecular complexity index is 33.2. The van der Waals surface area contributed by atoms with Gasteiger partial charge in [0.05, 0.1) is 0 Å². The summed E-state index contributed by atoms with van der Waals surface area (Å²) in [4.78, 5) is 0. The molecule has 0 fully saturated rings. The molecule has 1 radical (unpaired) electrons. The fourth-order valence-electron chi connectivity index (χ4n) is 0.428. The van der Waals surface area contributed by atoms with E-state index in [1.54, 1.807) is 0 Å². The van der Waals surface area contributed by atoms with Crippen LogP contribution in [0.2, 0.25) is 16.6 Å². The molecule has 0 N–H and O–H groups in total. The first-order chi connectivity index (χ1) is 3.27. The van der Waals surface area contributed by atoms with E-state index in [1.165, 1.54) is 11.6 Å². The van der Waals surface area contributed by atoms with Gasteiger partial charge >= 0.3 is 51.0 Å². The molecule has 0 aromatic heterocycles. The minimum atomic E-state index is -0.283. The third kappa shape index (κ3) is 6.56. The van der Waals surface area contributed by atoms with Gasteiger partial charge in [-0.15, -0.1) is 0 Å². The van der Waals surface area contributed by atoms with Gasteiger partial charge in [0.25, 0.3) is 0 Å². The maximum absolute atomic E-state index is 3.78. The first kappa shape index (κ1) is 7.56. The van der Waals surface area contributed by atoms with Crippen LogP contribution in [0.15, 0.2) is 0 Å². The zero-order chi connectivity index (χ0) is 5.70. The summed E-state index contributed by atoms with van der Waals surface area (Å²) < 4.78 is 0. The number of rotatable bonds is 3. The fraction of sp³-hybridized carbons (Fsp3) is 0.833. The first-order valence-electron chi connectivity index (χ1n) is 2.71. The Labute approximate surface area is 51.6 Å². The van der Waals surface area contributed by atoms with Crippen LogP contribution >= 0.6 is 0 Å². The minimum absolute atomic E-state index is 0.283. The van der Waals surface area contributed by atoms with Crippen molar-refractivity contribution < 1.29 is 0 Å². The normalized spacial score (nSPS) is 10.3. The Morgan fingerprint density at radius 2 is 2.00 bits per heavy atom. The molecule has 0 aliphatic rings. The molecule has 0 saturated heterocycles. The van der Waals surface area contributed by atoms with Gasteiger partial charge in [0, 0.05) is 0 Å². The van der Waals surface area contributed by atoms with Crippen molar-refractivity contribution in [2.75, 3.05) is 0 Å². The van der Waals surface area contributed by atoms with E-state index in [4.69, 9.17) is 0 Å². The van der Waals surface area contributed by atoms with Crippen molar-refractivity contribution in [2.45, 2.75) is 29.5 Å². The molecule has 0 spiro atoms. The van der Waals surface area contributed by atoms with E-state index in [-0.39, 0.29) is 14.7 Å². The fourth-order valence-corrected chi connectivity index (χ4v) is 2.22. The molecule has 0 amide bonds. The standard InChI is InChI=1S/C6H14As/c1-4-5-6-7(2)3/h1,4-6H2,2-3H3. The molecular weight excluding hydrogens is 147 g/mol. The van der Waals surface area contributed by atoms with Crippen molar-refractivity contribution in [3.63, 3.8) is 0 Å². The number of hydrogen-bond acceptors (Lipinski definition) is 0. The Kier molecular flexibility index (Phi) is 5.09. The quantitative estimate of drug-likeness (QED) is 0.557. The predicted octanol–water partition coefficient (Wildman–Crippen LogP) is 2.36. The van der Waals surface area contributed by atoms with Crippen molar-refractivity contribution >= 4 is 14.7 Å². The summed E-state index contributed by atoms with van der Waals surface area (Å²) >= 11 is -0.283. The van der Waals surface area contributed by atoms with Crippen molar-refractivity contribution in [3.8, 4) is 0 Å². The van der Waals surface area contributed by atoms with Crippen LogP contribution < -0.4 is 0 Å². The summed E-state index contributed by atoms with van der Waals surface area (Å²) in [6, 6.07) is 0. The molecular formula is C6H14As. The van der Waals surface area contributed by atoms with Crippen LogP contribution in [-0.4, -0.2) is 14.7 Å². The molecule has 7 heavy (non-hydrogen) atoms. The van der Waals surface area contributed by atoms with Gasteiger partial charge in [-0.3, -0.25) is 0 Å². The van der Waals surface area contributed by atoms with Crippen molar-refractivity contribution in [1.29, 1.82) is 0 Å². The molecule has 0 unspecified atom stereocenters. The molecule has 0 nitrogen and oxygen atoms in total. The molecule has 0 aliphatic heterocycles. The van der Waals surface area contributed by atoms with E-state index in [0.29, 0.717) is 0 Å². The molecule has 0 bridgehead atoms. The van der Waals surface area contributed by atoms with Crippen LogP contribution in [0.5, 0.6) is 0 Å². The van der Waals surface area contributed by atoms with Crippen LogP contribution in [0, 0.1) is 6.92 Å². The number of unbranched alkanes of at least 4 members (excludes halogenated alkanes) is 1.